The molecule has 28 heavy (non-hydrogen) atoms. The minimum absolute atomic E-state index is 0.348. The highest BCUT2D eigenvalue weighted by molar-refractivity contribution is 7.90. The van der Waals surface area contributed by atoms with Crippen molar-refractivity contribution in [2.45, 2.75) is 36.1 Å². The Morgan fingerprint density at radius 3 is 2.29 bits per heavy atom. The average Bonchev–Trinajstić information content (AvgIpc) is 2.52. The number of amides is 1. The zero-order chi connectivity index (χ0) is 21.3. The SMILES string of the molecule is CC(C)(C)NS(=O)(=O)c1cc(C(=O)NS(=O)(=O)c2cccnc2Cl)ccc1F. The molecule has 0 spiro atoms. The highest BCUT2D eigenvalue weighted by atomic mass is 35.5. The number of halogens is 2. The largest absolute Gasteiger partial charge is 0.268 e. The summed E-state index contributed by atoms with van der Waals surface area (Å²) in [5.74, 6) is -2.25. The third-order valence-corrected chi connectivity index (χ3v) is 6.71. The van der Waals surface area contributed by atoms with Crippen LogP contribution in [0.3, 0.4) is 0 Å². The van der Waals surface area contributed by atoms with Gasteiger partial charge < -0.3 is 0 Å². The normalized spacial score (nSPS) is 12.6. The van der Waals surface area contributed by atoms with Crippen molar-refractivity contribution in [1.82, 2.24) is 14.4 Å². The van der Waals surface area contributed by atoms with Gasteiger partial charge in [-0.25, -0.2) is 35.7 Å². The Bertz CT molecular complexity index is 1130. The Kier molecular flexibility index (Phi) is 6.14. The lowest BCUT2D eigenvalue weighted by molar-refractivity contribution is 0.0981. The molecule has 1 aromatic heterocycles. The molecule has 12 heteroatoms. The van der Waals surface area contributed by atoms with Crippen molar-refractivity contribution < 1.29 is 26.0 Å². The maximum Gasteiger partial charge on any atom is 0.267 e. The Balaban J connectivity index is 2.39. The molecule has 1 heterocycles. The Morgan fingerprint density at radius 1 is 1.07 bits per heavy atom. The number of nitrogens with one attached hydrogen (secondary N) is 2. The summed E-state index contributed by atoms with van der Waals surface area (Å²) < 4.78 is 67.4. The van der Waals surface area contributed by atoms with Crippen molar-refractivity contribution in [2.75, 3.05) is 0 Å². The van der Waals surface area contributed by atoms with Crippen molar-refractivity contribution in [2.24, 2.45) is 0 Å². The average molecular weight is 450 g/mol. The molecule has 0 aliphatic rings. The van der Waals surface area contributed by atoms with Gasteiger partial charge in [-0.15, -0.1) is 0 Å². The Hall–Kier alpha value is -2.08. The quantitative estimate of drug-likeness (QED) is 0.674. The highest BCUT2D eigenvalue weighted by Gasteiger charge is 2.27. The number of aromatic nitrogens is 1. The van der Waals surface area contributed by atoms with E-state index in [1.165, 1.54) is 12.3 Å². The molecule has 0 saturated heterocycles. The molecule has 0 bridgehead atoms. The lowest BCUT2D eigenvalue weighted by Gasteiger charge is -2.20. The van der Waals surface area contributed by atoms with Crippen LogP contribution in [0.15, 0.2) is 46.3 Å². The minimum atomic E-state index is -4.38. The van der Waals surface area contributed by atoms with Gasteiger partial charge in [0.1, 0.15) is 20.8 Å². The summed E-state index contributed by atoms with van der Waals surface area (Å²) in [7, 11) is -8.67. The first-order valence-electron chi connectivity index (χ1n) is 7.74. The second kappa shape index (κ2) is 7.74. The Morgan fingerprint density at radius 2 is 1.71 bits per heavy atom. The summed E-state index contributed by atoms with van der Waals surface area (Å²) in [6.07, 6.45) is 1.27. The molecule has 2 rings (SSSR count). The first kappa shape index (κ1) is 22.2. The predicted molar refractivity (Wildman–Crippen MR) is 100 cm³/mol. The maximum atomic E-state index is 14.1. The molecule has 2 aromatic rings. The summed E-state index contributed by atoms with van der Waals surface area (Å²) in [6.45, 7) is 4.68. The summed E-state index contributed by atoms with van der Waals surface area (Å²) >= 11 is 5.73. The number of nitrogens with zero attached hydrogens (tertiary/aromatic N) is 1. The maximum absolute atomic E-state index is 14.1. The van der Waals surface area contributed by atoms with Crippen LogP contribution >= 0.6 is 11.6 Å². The highest BCUT2D eigenvalue weighted by Crippen LogP contribution is 2.21. The number of hydrogen-bond acceptors (Lipinski definition) is 6. The van der Waals surface area contributed by atoms with Gasteiger partial charge in [0.15, 0.2) is 0 Å². The molecule has 2 N–H and O–H groups in total. The number of carbonyl (C=O) groups is 1. The molecule has 1 amide bonds. The predicted octanol–water partition coefficient (Wildman–Crippen LogP) is 2.07. The van der Waals surface area contributed by atoms with Crippen LogP contribution in [0.4, 0.5) is 4.39 Å². The van der Waals surface area contributed by atoms with E-state index >= 15 is 0 Å². The molecular weight excluding hydrogens is 433 g/mol. The van der Waals surface area contributed by atoms with Crippen LogP contribution < -0.4 is 9.44 Å². The van der Waals surface area contributed by atoms with Gasteiger partial charge >= 0.3 is 0 Å². The third kappa shape index (κ3) is 5.25. The van der Waals surface area contributed by atoms with Crippen molar-refractivity contribution in [1.29, 1.82) is 0 Å². The third-order valence-electron chi connectivity index (χ3n) is 3.16. The van der Waals surface area contributed by atoms with Crippen molar-refractivity contribution in [3.63, 3.8) is 0 Å². The van der Waals surface area contributed by atoms with Gasteiger partial charge in [-0.3, -0.25) is 4.79 Å². The molecule has 0 atom stereocenters. The lowest BCUT2D eigenvalue weighted by Crippen LogP contribution is -2.41. The zero-order valence-corrected chi connectivity index (χ0v) is 17.4. The molecule has 8 nitrogen and oxygen atoms in total. The van der Waals surface area contributed by atoms with Crippen LogP contribution in [-0.4, -0.2) is 33.3 Å². The van der Waals surface area contributed by atoms with E-state index in [0.29, 0.717) is 0 Å². The molecule has 0 saturated carbocycles. The number of hydrogen-bond donors (Lipinski definition) is 2. The molecule has 0 aliphatic carbocycles. The minimum Gasteiger partial charge on any atom is -0.268 e. The monoisotopic (exact) mass is 449 g/mol. The second-order valence-corrected chi connectivity index (χ2v) is 10.4. The van der Waals surface area contributed by atoms with Crippen molar-refractivity contribution in [3.8, 4) is 0 Å². The number of rotatable bonds is 5. The van der Waals surface area contributed by atoms with E-state index in [9.17, 15) is 26.0 Å². The smallest absolute Gasteiger partial charge is 0.267 e. The molecule has 152 valence electrons. The van der Waals surface area contributed by atoms with Gasteiger partial charge in [-0.1, -0.05) is 11.6 Å². The molecular formula is C16H17ClFN3O5S2. The number of carbonyl (C=O) groups excluding carboxylic acids is 1. The number of pyridine rings is 1. The standard InChI is InChI=1S/C16H17ClFN3O5S2/c1-16(2,3)21-28(25,26)13-9-10(6-7-11(13)18)15(22)20-27(23,24)12-5-4-8-19-14(12)17/h4-9,21H,1-3H3,(H,20,22). The van der Waals surface area contributed by atoms with E-state index in [4.69, 9.17) is 11.6 Å². The summed E-state index contributed by atoms with van der Waals surface area (Å²) in [4.78, 5) is 14.7. The molecule has 1 aromatic carbocycles. The fourth-order valence-corrected chi connectivity index (χ4v) is 5.07. The van der Waals surface area contributed by atoms with Gasteiger partial charge in [0.25, 0.3) is 15.9 Å². The van der Waals surface area contributed by atoms with E-state index in [2.05, 4.69) is 9.71 Å². The molecule has 0 aliphatic heterocycles. The second-order valence-electron chi connectivity index (χ2n) is 6.73. The van der Waals surface area contributed by atoms with E-state index in [0.717, 1.165) is 24.3 Å². The Labute approximate surface area is 167 Å². The van der Waals surface area contributed by atoms with Crippen LogP contribution in [0.1, 0.15) is 31.1 Å². The summed E-state index contributed by atoms with van der Waals surface area (Å²) in [6, 6.07) is 4.92. The zero-order valence-electron chi connectivity index (χ0n) is 15.0. The van der Waals surface area contributed by atoms with Gasteiger partial charge in [0, 0.05) is 17.3 Å². The summed E-state index contributed by atoms with van der Waals surface area (Å²) in [5.41, 5.74) is -1.27. The fourth-order valence-electron chi connectivity index (χ4n) is 2.12. The van der Waals surface area contributed by atoms with Crippen LogP contribution in [0.25, 0.3) is 0 Å². The van der Waals surface area contributed by atoms with Gasteiger partial charge in [0.05, 0.1) is 0 Å². The van der Waals surface area contributed by atoms with E-state index < -0.39 is 47.1 Å². The van der Waals surface area contributed by atoms with E-state index in [1.807, 2.05) is 0 Å². The van der Waals surface area contributed by atoms with Crippen LogP contribution in [0, 0.1) is 5.82 Å². The van der Waals surface area contributed by atoms with Crippen molar-refractivity contribution >= 4 is 37.6 Å². The van der Waals surface area contributed by atoms with E-state index in [1.54, 1.807) is 25.5 Å². The van der Waals surface area contributed by atoms with E-state index in [-0.39, 0.29) is 10.7 Å². The first-order valence-corrected chi connectivity index (χ1v) is 11.1. The van der Waals surface area contributed by atoms with Crippen LogP contribution in [0.2, 0.25) is 5.15 Å². The lowest BCUT2D eigenvalue weighted by atomic mass is 10.1. The fraction of sp³-hybridized carbons (Fsp3) is 0.250. The van der Waals surface area contributed by atoms with Gasteiger partial charge in [-0.2, -0.15) is 0 Å². The van der Waals surface area contributed by atoms with Crippen molar-refractivity contribution in [3.05, 3.63) is 53.1 Å². The van der Waals surface area contributed by atoms with Crippen LogP contribution in [-0.2, 0) is 20.0 Å². The molecule has 0 fully saturated rings. The van der Waals surface area contributed by atoms with Gasteiger partial charge in [-0.05, 0) is 51.1 Å². The number of benzene rings is 1. The first-order chi connectivity index (χ1) is 12.7. The number of sulfonamides is 2. The summed E-state index contributed by atoms with van der Waals surface area (Å²) in [5, 5.41) is -0.348. The molecule has 0 unspecified atom stereocenters. The van der Waals surface area contributed by atoms with Gasteiger partial charge in [0.2, 0.25) is 10.0 Å². The topological polar surface area (TPSA) is 122 Å². The van der Waals surface area contributed by atoms with Crippen LogP contribution in [0.5, 0.6) is 0 Å². The molecule has 0 radical (unpaired) electrons.